The third-order valence-corrected chi connectivity index (χ3v) is 3.35. The minimum Gasteiger partial charge on any atom is -0.390 e. The molecule has 0 unspecified atom stereocenters. The Morgan fingerprint density at radius 1 is 1.54 bits per heavy atom. The van der Waals surface area contributed by atoms with E-state index in [9.17, 15) is 5.11 Å². The monoisotopic (exact) mass is 200 g/mol. The Morgan fingerprint density at radius 3 is 2.92 bits per heavy atom. The molecule has 1 aliphatic heterocycles. The highest BCUT2D eigenvalue weighted by molar-refractivity contribution is 7.11. The minimum absolute atomic E-state index is 0.0396. The number of hydrogen-bond donors (Lipinski definition) is 1. The molecule has 5 heteroatoms. The van der Waals surface area contributed by atoms with E-state index in [1.165, 1.54) is 0 Å². The first-order chi connectivity index (χ1) is 6.31. The molecule has 2 heterocycles. The second-order valence-electron chi connectivity index (χ2n) is 3.10. The number of hydrogen-bond acceptors (Lipinski definition) is 5. The lowest BCUT2D eigenvalue weighted by molar-refractivity contribution is 0.124. The van der Waals surface area contributed by atoms with Crippen molar-refractivity contribution < 1.29 is 9.84 Å². The zero-order chi connectivity index (χ0) is 9.26. The Labute approximate surface area is 80.6 Å². The molecule has 0 amide bonds. The van der Waals surface area contributed by atoms with Gasteiger partial charge < -0.3 is 9.84 Å². The van der Waals surface area contributed by atoms with Crippen molar-refractivity contribution in [2.45, 2.75) is 25.4 Å². The lowest BCUT2D eigenvalue weighted by Crippen LogP contribution is -2.15. The first-order valence-corrected chi connectivity index (χ1v) is 5.21. The molecular weight excluding hydrogens is 188 g/mol. The fourth-order valence-corrected chi connectivity index (χ4v) is 2.26. The molecule has 0 aromatic carbocycles. The van der Waals surface area contributed by atoms with Gasteiger partial charge in [-0.25, -0.2) is 0 Å². The van der Waals surface area contributed by atoms with E-state index in [1.807, 2.05) is 6.92 Å². The lowest BCUT2D eigenvalue weighted by atomic mass is 10.1. The fourth-order valence-electron chi connectivity index (χ4n) is 1.34. The van der Waals surface area contributed by atoms with Crippen LogP contribution >= 0.6 is 11.3 Å². The van der Waals surface area contributed by atoms with Crippen LogP contribution in [0.15, 0.2) is 0 Å². The van der Waals surface area contributed by atoms with Crippen LogP contribution in [0, 0.1) is 0 Å². The van der Waals surface area contributed by atoms with E-state index in [2.05, 4.69) is 10.2 Å². The van der Waals surface area contributed by atoms with E-state index < -0.39 is 6.10 Å². The van der Waals surface area contributed by atoms with Crippen molar-refractivity contribution >= 4 is 11.3 Å². The summed E-state index contributed by atoms with van der Waals surface area (Å²) in [4.78, 5) is 0. The summed E-state index contributed by atoms with van der Waals surface area (Å²) in [7, 11) is 0. The Hall–Kier alpha value is -0.520. The summed E-state index contributed by atoms with van der Waals surface area (Å²) in [5, 5.41) is 19.5. The lowest BCUT2D eigenvalue weighted by Gasteiger charge is -2.06. The molecule has 0 spiro atoms. The molecule has 2 atom stereocenters. The highest BCUT2D eigenvalue weighted by atomic mass is 32.1. The maximum atomic E-state index is 9.54. The SMILES string of the molecule is CCc1nnc([C@@H]2COC[C@H]2O)s1. The van der Waals surface area contributed by atoms with Crippen LogP contribution in [0.3, 0.4) is 0 Å². The van der Waals surface area contributed by atoms with E-state index in [0.717, 1.165) is 16.4 Å². The Morgan fingerprint density at radius 2 is 2.38 bits per heavy atom. The summed E-state index contributed by atoms with van der Waals surface area (Å²) >= 11 is 1.57. The number of aliphatic hydroxyl groups is 1. The van der Waals surface area contributed by atoms with Gasteiger partial charge in [-0.15, -0.1) is 21.5 Å². The van der Waals surface area contributed by atoms with Gasteiger partial charge in [-0.05, 0) is 6.42 Å². The van der Waals surface area contributed by atoms with Crippen LogP contribution in [-0.4, -0.2) is 34.6 Å². The van der Waals surface area contributed by atoms with Crippen LogP contribution in [-0.2, 0) is 11.2 Å². The van der Waals surface area contributed by atoms with Gasteiger partial charge in [0.1, 0.15) is 10.0 Å². The summed E-state index contributed by atoms with van der Waals surface area (Å²) in [6.07, 6.45) is 0.499. The average molecular weight is 200 g/mol. The summed E-state index contributed by atoms with van der Waals surface area (Å²) in [6.45, 7) is 3.04. The molecule has 1 aromatic heterocycles. The van der Waals surface area contributed by atoms with Crippen LogP contribution in [0.25, 0.3) is 0 Å². The zero-order valence-corrected chi connectivity index (χ0v) is 8.25. The van der Waals surface area contributed by atoms with E-state index in [4.69, 9.17) is 4.74 Å². The van der Waals surface area contributed by atoms with Crippen molar-refractivity contribution in [3.05, 3.63) is 10.0 Å². The van der Waals surface area contributed by atoms with E-state index >= 15 is 0 Å². The smallest absolute Gasteiger partial charge is 0.125 e. The van der Waals surface area contributed by atoms with Gasteiger partial charge in [0.05, 0.1) is 25.2 Å². The van der Waals surface area contributed by atoms with Crippen molar-refractivity contribution in [3.63, 3.8) is 0 Å². The van der Waals surface area contributed by atoms with Crippen LogP contribution in [0.2, 0.25) is 0 Å². The van der Waals surface area contributed by atoms with Gasteiger partial charge in [0.25, 0.3) is 0 Å². The Kier molecular flexibility index (Phi) is 2.57. The molecule has 1 N–H and O–H groups in total. The van der Waals surface area contributed by atoms with E-state index in [0.29, 0.717) is 13.2 Å². The first-order valence-electron chi connectivity index (χ1n) is 4.39. The predicted molar refractivity (Wildman–Crippen MR) is 48.9 cm³/mol. The predicted octanol–water partition coefficient (Wildman–Crippen LogP) is 0.575. The van der Waals surface area contributed by atoms with Crippen LogP contribution < -0.4 is 0 Å². The zero-order valence-electron chi connectivity index (χ0n) is 7.43. The largest absolute Gasteiger partial charge is 0.390 e. The summed E-state index contributed by atoms with van der Waals surface area (Å²) in [5.41, 5.74) is 0. The third kappa shape index (κ3) is 1.72. The molecule has 0 aliphatic carbocycles. The number of ether oxygens (including phenoxy) is 1. The van der Waals surface area contributed by atoms with Gasteiger partial charge in [0, 0.05) is 0 Å². The molecule has 0 radical (unpaired) electrons. The van der Waals surface area contributed by atoms with Crippen molar-refractivity contribution in [1.82, 2.24) is 10.2 Å². The van der Waals surface area contributed by atoms with Crippen molar-refractivity contribution in [2.75, 3.05) is 13.2 Å². The molecule has 13 heavy (non-hydrogen) atoms. The van der Waals surface area contributed by atoms with Gasteiger partial charge in [-0.2, -0.15) is 0 Å². The maximum absolute atomic E-state index is 9.54. The summed E-state index contributed by atoms with van der Waals surface area (Å²) < 4.78 is 5.16. The van der Waals surface area contributed by atoms with Gasteiger partial charge in [-0.3, -0.25) is 0 Å². The Balaban J connectivity index is 2.15. The number of rotatable bonds is 2. The van der Waals surface area contributed by atoms with Crippen LogP contribution in [0.4, 0.5) is 0 Å². The molecule has 72 valence electrons. The van der Waals surface area contributed by atoms with E-state index in [1.54, 1.807) is 11.3 Å². The minimum atomic E-state index is -0.405. The topological polar surface area (TPSA) is 55.2 Å². The molecule has 1 saturated heterocycles. The van der Waals surface area contributed by atoms with Crippen molar-refractivity contribution in [1.29, 1.82) is 0 Å². The fraction of sp³-hybridized carbons (Fsp3) is 0.750. The van der Waals surface area contributed by atoms with Crippen LogP contribution in [0.5, 0.6) is 0 Å². The highest BCUT2D eigenvalue weighted by Gasteiger charge is 2.30. The molecule has 1 fully saturated rings. The highest BCUT2D eigenvalue weighted by Crippen LogP contribution is 2.28. The summed E-state index contributed by atoms with van der Waals surface area (Å²) in [5.74, 6) is 0.0396. The van der Waals surface area contributed by atoms with Gasteiger partial charge in [0.2, 0.25) is 0 Å². The number of aryl methyl sites for hydroxylation is 1. The molecule has 2 rings (SSSR count). The van der Waals surface area contributed by atoms with Gasteiger partial charge >= 0.3 is 0 Å². The number of nitrogens with zero attached hydrogens (tertiary/aromatic N) is 2. The normalized spacial score (nSPS) is 28.2. The number of aromatic nitrogens is 2. The van der Waals surface area contributed by atoms with Crippen LogP contribution in [0.1, 0.15) is 22.9 Å². The average Bonchev–Trinajstić information content (AvgIpc) is 2.71. The second kappa shape index (κ2) is 3.69. The van der Waals surface area contributed by atoms with Crippen molar-refractivity contribution in [2.24, 2.45) is 0 Å². The summed E-state index contributed by atoms with van der Waals surface area (Å²) in [6, 6.07) is 0. The third-order valence-electron chi connectivity index (χ3n) is 2.15. The molecule has 0 bridgehead atoms. The molecule has 0 saturated carbocycles. The number of aliphatic hydroxyl groups excluding tert-OH is 1. The first kappa shape index (κ1) is 9.05. The Bertz CT molecular complexity index is 289. The van der Waals surface area contributed by atoms with Gasteiger partial charge in [0.15, 0.2) is 0 Å². The molecule has 1 aliphatic rings. The van der Waals surface area contributed by atoms with E-state index in [-0.39, 0.29) is 5.92 Å². The van der Waals surface area contributed by atoms with Crippen molar-refractivity contribution in [3.8, 4) is 0 Å². The van der Waals surface area contributed by atoms with Gasteiger partial charge in [-0.1, -0.05) is 6.92 Å². The molecular formula is C8H12N2O2S. The quantitative estimate of drug-likeness (QED) is 0.758. The molecule has 4 nitrogen and oxygen atoms in total. The maximum Gasteiger partial charge on any atom is 0.125 e. The standard InChI is InChI=1S/C8H12N2O2S/c1-2-7-9-10-8(13-7)5-3-12-4-6(5)11/h5-6,11H,2-4H2,1H3/t5-,6-/m1/s1. The second-order valence-corrected chi connectivity index (χ2v) is 4.19. The molecule has 1 aromatic rings.